The summed E-state index contributed by atoms with van der Waals surface area (Å²) in [5.74, 6) is -0.546. The normalized spacial score (nSPS) is 17.1. The van der Waals surface area contributed by atoms with Gasteiger partial charge in [-0.2, -0.15) is 4.31 Å². The first kappa shape index (κ1) is 22.5. The lowest BCUT2D eigenvalue weighted by molar-refractivity contribution is -0.120. The van der Waals surface area contributed by atoms with Crippen molar-refractivity contribution in [3.8, 4) is 0 Å². The highest BCUT2D eigenvalue weighted by Gasteiger charge is 2.32. The van der Waals surface area contributed by atoms with E-state index >= 15 is 0 Å². The van der Waals surface area contributed by atoms with Gasteiger partial charge in [-0.3, -0.25) is 9.59 Å². The van der Waals surface area contributed by atoms with Crippen molar-refractivity contribution in [2.75, 3.05) is 32.5 Å². The van der Waals surface area contributed by atoms with Gasteiger partial charge >= 0.3 is 0 Å². The Hall–Kier alpha value is -2.71. The third kappa shape index (κ3) is 4.56. The SMILES string of the molecule is CN(C)C(=O)c1cccc(NC(=O)C2CCN(S(=O)(=O)c3ccc4c(c3)CCC4)CC2)c1. The number of amides is 2. The number of sulfonamides is 1. The number of hydrogen-bond donors (Lipinski definition) is 1. The van der Waals surface area contributed by atoms with Crippen molar-refractivity contribution < 1.29 is 18.0 Å². The summed E-state index contributed by atoms with van der Waals surface area (Å²) in [7, 11) is -0.198. The van der Waals surface area contributed by atoms with Crippen molar-refractivity contribution in [1.29, 1.82) is 0 Å². The molecule has 8 heteroatoms. The monoisotopic (exact) mass is 455 g/mol. The molecule has 0 atom stereocenters. The molecule has 1 saturated heterocycles. The smallest absolute Gasteiger partial charge is 0.253 e. The maximum absolute atomic E-state index is 13.1. The highest BCUT2D eigenvalue weighted by molar-refractivity contribution is 7.89. The Morgan fingerprint density at radius 3 is 2.44 bits per heavy atom. The molecule has 2 amide bonds. The van der Waals surface area contributed by atoms with Crippen LogP contribution in [0.2, 0.25) is 0 Å². The number of nitrogens with zero attached hydrogens (tertiary/aromatic N) is 2. The summed E-state index contributed by atoms with van der Waals surface area (Å²) in [5, 5.41) is 2.88. The maximum atomic E-state index is 13.1. The minimum Gasteiger partial charge on any atom is -0.345 e. The average Bonchev–Trinajstić information content (AvgIpc) is 3.26. The summed E-state index contributed by atoms with van der Waals surface area (Å²) in [6.45, 7) is 0.632. The minimum absolute atomic E-state index is 0.133. The lowest BCUT2D eigenvalue weighted by Gasteiger charge is -2.30. The number of aryl methyl sites for hydroxylation is 2. The van der Waals surface area contributed by atoms with Gasteiger partial charge in [-0.15, -0.1) is 0 Å². The lowest BCUT2D eigenvalue weighted by atomic mass is 9.97. The van der Waals surface area contributed by atoms with Gasteiger partial charge in [0.15, 0.2) is 0 Å². The predicted molar refractivity (Wildman–Crippen MR) is 123 cm³/mol. The van der Waals surface area contributed by atoms with E-state index in [4.69, 9.17) is 0 Å². The van der Waals surface area contributed by atoms with Crippen molar-refractivity contribution >= 4 is 27.5 Å². The van der Waals surface area contributed by atoms with E-state index in [1.54, 1.807) is 44.4 Å². The van der Waals surface area contributed by atoms with Crippen LogP contribution in [-0.2, 0) is 27.7 Å². The molecule has 2 aromatic carbocycles. The van der Waals surface area contributed by atoms with E-state index in [2.05, 4.69) is 5.32 Å². The van der Waals surface area contributed by atoms with E-state index in [0.29, 0.717) is 42.1 Å². The largest absolute Gasteiger partial charge is 0.345 e. The number of benzene rings is 2. The van der Waals surface area contributed by atoms with Gasteiger partial charge in [0.05, 0.1) is 4.90 Å². The van der Waals surface area contributed by atoms with E-state index < -0.39 is 10.0 Å². The van der Waals surface area contributed by atoms with Gasteiger partial charge in [-0.25, -0.2) is 8.42 Å². The molecular weight excluding hydrogens is 426 g/mol. The molecule has 0 unspecified atom stereocenters. The Morgan fingerprint density at radius 1 is 1.00 bits per heavy atom. The van der Waals surface area contributed by atoms with E-state index in [1.165, 1.54) is 14.8 Å². The van der Waals surface area contributed by atoms with Crippen LogP contribution >= 0.6 is 0 Å². The molecule has 0 saturated carbocycles. The van der Waals surface area contributed by atoms with Crippen LogP contribution in [0.25, 0.3) is 0 Å². The van der Waals surface area contributed by atoms with Gasteiger partial charge in [-0.05, 0) is 73.6 Å². The molecule has 32 heavy (non-hydrogen) atoms. The highest BCUT2D eigenvalue weighted by Crippen LogP contribution is 2.29. The number of hydrogen-bond acceptors (Lipinski definition) is 4. The third-order valence-corrected chi connectivity index (χ3v) is 8.21. The Bertz CT molecular complexity index is 1140. The van der Waals surface area contributed by atoms with Gasteiger partial charge in [-0.1, -0.05) is 12.1 Å². The van der Waals surface area contributed by atoms with Crippen molar-refractivity contribution in [1.82, 2.24) is 9.21 Å². The van der Waals surface area contributed by atoms with E-state index in [0.717, 1.165) is 24.8 Å². The highest BCUT2D eigenvalue weighted by atomic mass is 32.2. The molecule has 7 nitrogen and oxygen atoms in total. The zero-order valence-electron chi connectivity index (χ0n) is 18.5. The summed E-state index contributed by atoms with van der Waals surface area (Å²) in [6.07, 6.45) is 3.95. The van der Waals surface area contributed by atoms with Crippen molar-refractivity contribution in [2.45, 2.75) is 37.0 Å². The van der Waals surface area contributed by atoms with Gasteiger partial charge in [0, 0.05) is 44.4 Å². The van der Waals surface area contributed by atoms with Gasteiger partial charge in [0.1, 0.15) is 0 Å². The second-order valence-corrected chi connectivity index (χ2v) is 10.7. The second kappa shape index (κ2) is 9.03. The quantitative estimate of drug-likeness (QED) is 0.751. The fourth-order valence-electron chi connectivity index (χ4n) is 4.45. The third-order valence-electron chi connectivity index (χ3n) is 6.32. The van der Waals surface area contributed by atoms with Gasteiger partial charge in [0.25, 0.3) is 5.91 Å². The zero-order chi connectivity index (χ0) is 22.9. The number of anilines is 1. The molecule has 1 fully saturated rings. The van der Waals surface area contributed by atoms with Crippen LogP contribution in [0.4, 0.5) is 5.69 Å². The summed E-state index contributed by atoms with van der Waals surface area (Å²) in [6, 6.07) is 12.3. The Balaban J connectivity index is 1.38. The van der Waals surface area contributed by atoms with Crippen LogP contribution in [0, 0.1) is 5.92 Å². The molecule has 4 rings (SSSR count). The van der Waals surface area contributed by atoms with Gasteiger partial charge < -0.3 is 10.2 Å². The first-order valence-electron chi connectivity index (χ1n) is 11.0. The van der Waals surface area contributed by atoms with Crippen molar-refractivity contribution in [3.05, 3.63) is 59.2 Å². The predicted octanol–water partition coefficient (Wildman–Crippen LogP) is 2.92. The molecule has 1 heterocycles. The molecule has 2 aromatic rings. The molecular formula is C24H29N3O4S. The second-order valence-electron chi connectivity index (χ2n) is 8.73. The topological polar surface area (TPSA) is 86.8 Å². The Kier molecular flexibility index (Phi) is 6.35. The first-order chi connectivity index (χ1) is 15.3. The summed E-state index contributed by atoms with van der Waals surface area (Å²) in [5.41, 5.74) is 3.45. The average molecular weight is 456 g/mol. The molecule has 170 valence electrons. The first-order valence-corrected chi connectivity index (χ1v) is 12.4. The Morgan fingerprint density at radius 2 is 1.72 bits per heavy atom. The molecule has 0 aromatic heterocycles. The van der Waals surface area contributed by atoms with Crippen LogP contribution < -0.4 is 5.32 Å². The number of carbonyl (C=O) groups is 2. The fourth-order valence-corrected chi connectivity index (χ4v) is 5.97. The number of carbonyl (C=O) groups excluding carboxylic acids is 2. The molecule has 0 radical (unpaired) electrons. The molecule has 0 bridgehead atoms. The lowest BCUT2D eigenvalue weighted by Crippen LogP contribution is -2.41. The minimum atomic E-state index is -3.56. The fraction of sp³-hybridized carbons (Fsp3) is 0.417. The molecule has 0 spiro atoms. The maximum Gasteiger partial charge on any atom is 0.253 e. The van der Waals surface area contributed by atoms with Crippen LogP contribution in [0.3, 0.4) is 0 Å². The molecule has 1 aliphatic carbocycles. The van der Waals surface area contributed by atoms with Gasteiger partial charge in [0.2, 0.25) is 15.9 Å². The van der Waals surface area contributed by atoms with Crippen LogP contribution in [0.15, 0.2) is 47.4 Å². The summed E-state index contributed by atoms with van der Waals surface area (Å²) >= 11 is 0. The van der Waals surface area contributed by atoms with Crippen LogP contribution in [0.1, 0.15) is 40.7 Å². The molecule has 2 aliphatic rings. The Labute approximate surface area is 189 Å². The van der Waals surface area contributed by atoms with Crippen molar-refractivity contribution in [2.24, 2.45) is 5.92 Å². The van der Waals surface area contributed by atoms with Crippen LogP contribution in [0.5, 0.6) is 0 Å². The van der Waals surface area contributed by atoms with Crippen LogP contribution in [-0.4, -0.2) is 56.6 Å². The standard InChI is InChI=1S/C24H29N3O4S/c1-26(2)24(29)20-7-4-8-21(15-20)25-23(28)18-11-13-27(14-12-18)32(30,31)22-10-9-17-5-3-6-19(17)16-22/h4,7-10,15-16,18H,3,5-6,11-14H2,1-2H3,(H,25,28). The summed E-state index contributed by atoms with van der Waals surface area (Å²) in [4.78, 5) is 26.7. The number of fused-ring (bicyclic) bond motifs is 1. The molecule has 1 N–H and O–H groups in total. The number of piperidine rings is 1. The van der Waals surface area contributed by atoms with E-state index in [1.807, 2.05) is 12.1 Å². The summed E-state index contributed by atoms with van der Waals surface area (Å²) < 4.78 is 27.7. The molecule has 1 aliphatic heterocycles. The van der Waals surface area contributed by atoms with E-state index in [-0.39, 0.29) is 17.7 Å². The van der Waals surface area contributed by atoms with E-state index in [9.17, 15) is 18.0 Å². The number of rotatable bonds is 5. The number of nitrogens with one attached hydrogen (secondary N) is 1. The zero-order valence-corrected chi connectivity index (χ0v) is 19.3. The van der Waals surface area contributed by atoms with Crippen molar-refractivity contribution in [3.63, 3.8) is 0 Å².